The lowest BCUT2D eigenvalue weighted by molar-refractivity contribution is 0.0917. The van der Waals surface area contributed by atoms with E-state index in [1.807, 2.05) is 61.2 Å². The molecule has 2 nitrogen and oxygen atoms in total. The van der Waals surface area contributed by atoms with Gasteiger partial charge in [0.1, 0.15) is 0 Å². The summed E-state index contributed by atoms with van der Waals surface area (Å²) in [5.41, 5.74) is 2.40. The van der Waals surface area contributed by atoms with Crippen molar-refractivity contribution in [1.29, 1.82) is 0 Å². The third-order valence-electron chi connectivity index (χ3n) is 3.89. The Labute approximate surface area is 145 Å². The molecule has 0 aromatic heterocycles. The minimum atomic E-state index is 0.0411. The first kappa shape index (κ1) is 16.3. The number of ketones is 2. The highest BCUT2D eigenvalue weighted by Gasteiger charge is 2.16. The van der Waals surface area contributed by atoms with Crippen molar-refractivity contribution in [3.63, 3.8) is 0 Å². The average molecular weight is 342 g/mol. The Morgan fingerprint density at radius 1 is 0.913 bits per heavy atom. The van der Waals surface area contributed by atoms with Gasteiger partial charge in [-0.15, -0.1) is 23.5 Å². The van der Waals surface area contributed by atoms with Gasteiger partial charge >= 0.3 is 0 Å². The molecule has 1 aliphatic rings. The number of hydrogen-bond donors (Lipinski definition) is 0. The van der Waals surface area contributed by atoms with Crippen LogP contribution < -0.4 is 0 Å². The fourth-order valence-corrected chi connectivity index (χ4v) is 4.85. The second kappa shape index (κ2) is 7.37. The van der Waals surface area contributed by atoms with Crippen molar-refractivity contribution in [1.82, 2.24) is 0 Å². The summed E-state index contributed by atoms with van der Waals surface area (Å²) in [6.45, 7) is 1.92. The van der Waals surface area contributed by atoms with Gasteiger partial charge in [-0.1, -0.05) is 30.3 Å². The molecule has 0 saturated heterocycles. The smallest absolute Gasteiger partial charge is 0.163 e. The number of benzene rings is 2. The highest BCUT2D eigenvalue weighted by atomic mass is 32.2. The number of rotatable bonds is 5. The van der Waals surface area contributed by atoms with Crippen molar-refractivity contribution in [2.24, 2.45) is 0 Å². The minimum Gasteiger partial charge on any atom is -0.294 e. The Balaban J connectivity index is 1.66. The van der Waals surface area contributed by atoms with Crippen LogP contribution in [0.4, 0.5) is 0 Å². The molecular weight excluding hydrogens is 324 g/mol. The van der Waals surface area contributed by atoms with Crippen LogP contribution in [0.3, 0.4) is 0 Å². The fraction of sp³-hybridized carbons (Fsp3) is 0.263. The van der Waals surface area contributed by atoms with Gasteiger partial charge in [-0.3, -0.25) is 9.59 Å². The van der Waals surface area contributed by atoms with Gasteiger partial charge in [-0.2, -0.15) is 0 Å². The molecule has 118 valence electrons. The summed E-state index contributed by atoms with van der Waals surface area (Å²) in [5, 5.41) is 0. The van der Waals surface area contributed by atoms with E-state index in [0.29, 0.717) is 0 Å². The third kappa shape index (κ3) is 3.88. The first-order chi connectivity index (χ1) is 11.1. The number of carbonyl (C=O) groups excluding carboxylic acids is 2. The van der Waals surface area contributed by atoms with Gasteiger partial charge in [0, 0.05) is 45.3 Å². The predicted molar refractivity (Wildman–Crippen MR) is 97.0 cm³/mol. The zero-order valence-corrected chi connectivity index (χ0v) is 14.6. The van der Waals surface area contributed by atoms with Crippen LogP contribution in [-0.4, -0.2) is 23.1 Å². The molecule has 4 heteroatoms. The number of aryl methyl sites for hydroxylation is 1. The number of hydrogen-bond acceptors (Lipinski definition) is 4. The molecule has 0 spiro atoms. The van der Waals surface area contributed by atoms with E-state index < -0.39 is 0 Å². The van der Waals surface area contributed by atoms with Crippen LogP contribution in [0.25, 0.3) is 0 Å². The van der Waals surface area contributed by atoms with Crippen LogP contribution >= 0.6 is 23.5 Å². The van der Waals surface area contributed by atoms with E-state index in [2.05, 4.69) is 0 Å². The Morgan fingerprint density at radius 2 is 1.61 bits per heavy atom. The molecule has 1 aliphatic heterocycles. The molecule has 0 bridgehead atoms. The highest BCUT2D eigenvalue weighted by molar-refractivity contribution is 8.05. The molecule has 0 N–H and O–H groups in total. The van der Waals surface area contributed by atoms with Gasteiger partial charge in [0.05, 0.1) is 0 Å². The van der Waals surface area contributed by atoms with E-state index in [9.17, 15) is 9.59 Å². The van der Waals surface area contributed by atoms with Crippen molar-refractivity contribution >= 4 is 35.1 Å². The normalized spacial score (nSPS) is 13.4. The fourth-order valence-electron chi connectivity index (χ4n) is 2.61. The topological polar surface area (TPSA) is 34.1 Å². The molecule has 2 aromatic carbocycles. The van der Waals surface area contributed by atoms with Crippen molar-refractivity contribution in [2.45, 2.75) is 29.6 Å². The Morgan fingerprint density at radius 3 is 2.39 bits per heavy atom. The van der Waals surface area contributed by atoms with Crippen LogP contribution in [-0.2, 0) is 0 Å². The van der Waals surface area contributed by atoms with E-state index in [0.717, 1.165) is 28.2 Å². The number of Topliss-reactive ketones (excluding diaryl/α,β-unsaturated/α-hetero) is 2. The van der Waals surface area contributed by atoms with Crippen molar-refractivity contribution in [2.75, 3.05) is 11.5 Å². The monoisotopic (exact) mass is 342 g/mol. The molecule has 0 amide bonds. The first-order valence-corrected chi connectivity index (χ1v) is 9.64. The summed E-state index contributed by atoms with van der Waals surface area (Å²) < 4.78 is 0. The van der Waals surface area contributed by atoms with Gasteiger partial charge in [0.25, 0.3) is 0 Å². The van der Waals surface area contributed by atoms with Gasteiger partial charge in [0.15, 0.2) is 11.6 Å². The molecule has 0 radical (unpaired) electrons. The van der Waals surface area contributed by atoms with E-state index in [1.165, 1.54) is 9.79 Å². The summed E-state index contributed by atoms with van der Waals surface area (Å²) in [6, 6.07) is 13.4. The average Bonchev–Trinajstić information content (AvgIpc) is 2.59. The van der Waals surface area contributed by atoms with Crippen molar-refractivity contribution < 1.29 is 9.59 Å². The standard InChI is InChI=1S/C19H18O2S2/c1-13-4-2-3-5-15(13)17(21)8-7-16(20)14-6-9-18-19(12-14)23-11-10-22-18/h2-6,9,12H,7-8,10-11H2,1H3. The lowest BCUT2D eigenvalue weighted by Crippen LogP contribution is -2.07. The Bertz CT molecular complexity index is 753. The molecule has 3 rings (SSSR count). The summed E-state index contributed by atoms with van der Waals surface area (Å²) in [5.74, 6) is 2.29. The van der Waals surface area contributed by atoms with Crippen LogP contribution in [0, 0.1) is 6.92 Å². The van der Waals surface area contributed by atoms with Crippen LogP contribution in [0.2, 0.25) is 0 Å². The molecule has 23 heavy (non-hydrogen) atoms. The molecule has 0 atom stereocenters. The van der Waals surface area contributed by atoms with Gasteiger partial charge < -0.3 is 0 Å². The van der Waals surface area contributed by atoms with Crippen molar-refractivity contribution in [3.8, 4) is 0 Å². The molecule has 0 saturated carbocycles. The second-order valence-electron chi connectivity index (χ2n) is 5.52. The van der Waals surface area contributed by atoms with E-state index in [-0.39, 0.29) is 24.4 Å². The maximum atomic E-state index is 12.4. The number of thioether (sulfide) groups is 2. The summed E-state index contributed by atoms with van der Waals surface area (Å²) in [4.78, 5) is 27.1. The Hall–Kier alpha value is -1.52. The Kier molecular flexibility index (Phi) is 5.23. The highest BCUT2D eigenvalue weighted by Crippen LogP contribution is 2.37. The van der Waals surface area contributed by atoms with Crippen LogP contribution in [0.15, 0.2) is 52.3 Å². The largest absolute Gasteiger partial charge is 0.294 e. The van der Waals surface area contributed by atoms with Gasteiger partial charge in [-0.25, -0.2) is 0 Å². The zero-order chi connectivity index (χ0) is 16.2. The lowest BCUT2D eigenvalue weighted by atomic mass is 9.99. The number of carbonyl (C=O) groups is 2. The molecule has 0 unspecified atom stereocenters. The first-order valence-electron chi connectivity index (χ1n) is 7.67. The van der Waals surface area contributed by atoms with Gasteiger partial charge in [-0.05, 0) is 24.6 Å². The number of fused-ring (bicyclic) bond motifs is 1. The molecule has 1 heterocycles. The van der Waals surface area contributed by atoms with E-state index >= 15 is 0 Å². The van der Waals surface area contributed by atoms with Crippen LogP contribution in [0.5, 0.6) is 0 Å². The van der Waals surface area contributed by atoms with E-state index in [1.54, 1.807) is 11.8 Å². The van der Waals surface area contributed by atoms with Crippen LogP contribution in [0.1, 0.15) is 39.1 Å². The SMILES string of the molecule is Cc1ccccc1C(=O)CCC(=O)c1ccc2c(c1)SCCS2. The third-order valence-corrected chi connectivity index (χ3v) is 6.41. The second-order valence-corrected chi connectivity index (χ2v) is 7.79. The van der Waals surface area contributed by atoms with Gasteiger partial charge in [0.2, 0.25) is 0 Å². The molecule has 2 aromatic rings. The minimum absolute atomic E-state index is 0.0411. The zero-order valence-electron chi connectivity index (χ0n) is 13.0. The summed E-state index contributed by atoms with van der Waals surface area (Å²) >= 11 is 3.64. The van der Waals surface area contributed by atoms with E-state index in [4.69, 9.17) is 0 Å². The summed E-state index contributed by atoms with van der Waals surface area (Å²) in [7, 11) is 0. The quantitative estimate of drug-likeness (QED) is 0.713. The molecular formula is C19H18O2S2. The molecule has 0 aliphatic carbocycles. The maximum absolute atomic E-state index is 12.4. The lowest BCUT2D eigenvalue weighted by Gasteiger charge is -2.15. The molecule has 0 fully saturated rings. The predicted octanol–water partition coefficient (Wildman–Crippen LogP) is 5.04. The van der Waals surface area contributed by atoms with Crippen molar-refractivity contribution in [3.05, 3.63) is 59.2 Å². The summed E-state index contributed by atoms with van der Waals surface area (Å²) in [6.07, 6.45) is 0.534. The maximum Gasteiger partial charge on any atom is 0.163 e.